The van der Waals surface area contributed by atoms with Crippen molar-refractivity contribution in [2.75, 3.05) is 7.11 Å². The van der Waals surface area contributed by atoms with Crippen molar-refractivity contribution in [3.8, 4) is 5.75 Å². The van der Waals surface area contributed by atoms with Gasteiger partial charge in [0.1, 0.15) is 5.75 Å². The van der Waals surface area contributed by atoms with E-state index in [1.807, 2.05) is 0 Å². The minimum atomic E-state index is 0.420. The fourth-order valence-electron chi connectivity index (χ4n) is 0.614. The third-order valence-electron chi connectivity index (χ3n) is 1.15. The van der Waals surface area contributed by atoms with Crippen molar-refractivity contribution in [1.82, 2.24) is 0 Å². The summed E-state index contributed by atoms with van der Waals surface area (Å²) in [6, 6.07) is 3.19. The maximum atomic E-state index is 11.0. The van der Waals surface area contributed by atoms with E-state index in [-0.39, 0.29) is 0 Å². The molecule has 0 saturated carbocycles. The molecule has 5 heteroatoms. The topological polar surface area (TPSA) is 36.2 Å². The van der Waals surface area contributed by atoms with Crippen LogP contribution < -0.4 is 9.47 Å². The fourth-order valence-corrected chi connectivity index (χ4v) is 1.68. The second-order valence-corrected chi connectivity index (χ2v) is 3.46. The van der Waals surface area contributed by atoms with Crippen LogP contribution in [0.2, 0.25) is 0 Å². The van der Waals surface area contributed by atoms with Gasteiger partial charge in [-0.05, 0) is 0 Å². The first-order chi connectivity index (χ1) is 5.15. The highest BCUT2D eigenvalue weighted by Crippen LogP contribution is 2.18. The van der Waals surface area contributed by atoms with Gasteiger partial charge in [-0.2, -0.15) is 4.73 Å². The molecule has 0 unspecified atom stereocenters. The van der Waals surface area contributed by atoms with Crippen LogP contribution in [0.5, 0.6) is 5.75 Å². The number of halogens is 2. The lowest BCUT2D eigenvalue weighted by atomic mass is 10.5. The lowest BCUT2D eigenvalue weighted by Crippen LogP contribution is -2.29. The van der Waals surface area contributed by atoms with Crippen LogP contribution in [-0.4, -0.2) is 7.11 Å². The van der Waals surface area contributed by atoms with Gasteiger partial charge in [-0.3, -0.25) is 0 Å². The zero-order valence-corrected chi connectivity index (χ0v) is 8.85. The van der Waals surface area contributed by atoms with Crippen molar-refractivity contribution in [1.29, 1.82) is 0 Å². The highest BCUT2D eigenvalue weighted by Gasteiger charge is 2.08. The van der Waals surface area contributed by atoms with Gasteiger partial charge in [0, 0.05) is 31.9 Å². The van der Waals surface area contributed by atoms with Crippen molar-refractivity contribution < 1.29 is 9.47 Å². The molecule has 60 valence electrons. The molecule has 0 aromatic carbocycles. The zero-order chi connectivity index (χ0) is 8.43. The normalized spacial score (nSPS) is 9.73. The lowest BCUT2D eigenvalue weighted by molar-refractivity contribution is -0.629. The van der Waals surface area contributed by atoms with Crippen molar-refractivity contribution >= 4 is 31.9 Å². The minimum Gasteiger partial charge on any atom is -0.617 e. The summed E-state index contributed by atoms with van der Waals surface area (Å²) in [5.74, 6) is 0.635. The summed E-state index contributed by atoms with van der Waals surface area (Å²) in [6.07, 6.45) is 0. The van der Waals surface area contributed by atoms with Crippen LogP contribution in [0.15, 0.2) is 21.3 Å². The van der Waals surface area contributed by atoms with Crippen LogP contribution in [0, 0.1) is 5.21 Å². The third-order valence-corrected chi connectivity index (χ3v) is 2.25. The van der Waals surface area contributed by atoms with E-state index < -0.39 is 0 Å². The minimum absolute atomic E-state index is 0.420. The second-order valence-electron chi connectivity index (χ2n) is 1.83. The van der Waals surface area contributed by atoms with Crippen LogP contribution >= 0.6 is 31.9 Å². The van der Waals surface area contributed by atoms with E-state index in [9.17, 15) is 5.21 Å². The summed E-state index contributed by atoms with van der Waals surface area (Å²) >= 11 is 6.16. The summed E-state index contributed by atoms with van der Waals surface area (Å²) in [5.41, 5.74) is 0. The van der Waals surface area contributed by atoms with E-state index in [0.717, 1.165) is 0 Å². The molecule has 3 nitrogen and oxygen atoms in total. The zero-order valence-electron chi connectivity index (χ0n) is 5.67. The van der Waals surface area contributed by atoms with Crippen molar-refractivity contribution in [3.63, 3.8) is 0 Å². The number of ether oxygens (including phenoxy) is 1. The summed E-state index contributed by atoms with van der Waals surface area (Å²) < 4.78 is 6.47. The van der Waals surface area contributed by atoms with Gasteiger partial charge in [0.2, 0.25) is 0 Å². The Morgan fingerprint density at radius 3 is 2.18 bits per heavy atom. The maximum absolute atomic E-state index is 11.0. The van der Waals surface area contributed by atoms with Crippen LogP contribution in [0.25, 0.3) is 0 Å². The predicted molar refractivity (Wildman–Crippen MR) is 47.4 cm³/mol. The number of methoxy groups -OCH3 is 1. The van der Waals surface area contributed by atoms with Gasteiger partial charge in [-0.15, -0.1) is 0 Å². The first kappa shape index (κ1) is 8.80. The standard InChI is InChI=1S/C6H5Br2NO2/c1-11-4-2-5(7)9(10)6(8)3-4/h2-3H,1H3. The van der Waals surface area contributed by atoms with E-state index >= 15 is 0 Å². The van der Waals surface area contributed by atoms with Crippen LogP contribution in [-0.2, 0) is 0 Å². The Bertz CT molecular complexity index is 254. The molecule has 0 bridgehead atoms. The Hall–Kier alpha value is -0.290. The van der Waals surface area contributed by atoms with E-state index in [0.29, 0.717) is 19.7 Å². The van der Waals surface area contributed by atoms with Gasteiger partial charge < -0.3 is 9.94 Å². The Kier molecular flexibility index (Phi) is 2.72. The quantitative estimate of drug-likeness (QED) is 0.448. The first-order valence-electron chi connectivity index (χ1n) is 2.77. The van der Waals surface area contributed by atoms with Crippen molar-refractivity contribution in [3.05, 3.63) is 26.5 Å². The van der Waals surface area contributed by atoms with Gasteiger partial charge in [0.05, 0.1) is 19.2 Å². The van der Waals surface area contributed by atoms with Crippen LogP contribution in [0.3, 0.4) is 0 Å². The Balaban J connectivity index is 3.21. The number of nitrogens with zero attached hydrogens (tertiary/aromatic N) is 1. The third kappa shape index (κ3) is 1.84. The van der Waals surface area contributed by atoms with Crippen LogP contribution in [0.1, 0.15) is 0 Å². The van der Waals surface area contributed by atoms with Crippen LogP contribution in [0.4, 0.5) is 0 Å². The molecule has 0 N–H and O–H groups in total. The first-order valence-corrected chi connectivity index (χ1v) is 4.36. The summed E-state index contributed by atoms with van der Waals surface area (Å²) in [4.78, 5) is 0. The van der Waals surface area contributed by atoms with Gasteiger partial charge in [-0.1, -0.05) is 0 Å². The molecule has 11 heavy (non-hydrogen) atoms. The molecule has 0 atom stereocenters. The van der Waals surface area contributed by atoms with E-state index in [1.54, 1.807) is 19.2 Å². The number of aromatic nitrogens is 1. The molecule has 0 saturated heterocycles. The lowest BCUT2D eigenvalue weighted by Gasteiger charge is -2.03. The molecule has 1 heterocycles. The molecule has 0 amide bonds. The highest BCUT2D eigenvalue weighted by molar-refractivity contribution is 9.11. The molecule has 0 fully saturated rings. The molecular formula is C6H5Br2NO2. The molecule has 0 aliphatic carbocycles. The van der Waals surface area contributed by atoms with E-state index in [1.165, 1.54) is 0 Å². The van der Waals surface area contributed by atoms with Gasteiger partial charge in [-0.25, -0.2) is 0 Å². The smallest absolute Gasteiger partial charge is 0.263 e. The summed E-state index contributed by atoms with van der Waals surface area (Å²) in [5, 5.41) is 11.0. The van der Waals surface area contributed by atoms with E-state index in [4.69, 9.17) is 4.74 Å². The van der Waals surface area contributed by atoms with Gasteiger partial charge in [0.25, 0.3) is 9.21 Å². The average molecular weight is 283 g/mol. The molecule has 0 radical (unpaired) electrons. The molecule has 1 rings (SSSR count). The van der Waals surface area contributed by atoms with Gasteiger partial charge >= 0.3 is 0 Å². The Morgan fingerprint density at radius 1 is 1.36 bits per heavy atom. The SMILES string of the molecule is COc1cc(Br)[n+]([O-])c(Br)c1. The monoisotopic (exact) mass is 281 g/mol. The Labute approximate surface area is 80.8 Å². The van der Waals surface area contributed by atoms with E-state index in [2.05, 4.69) is 31.9 Å². The molecule has 0 aliphatic rings. The molecule has 0 spiro atoms. The summed E-state index contributed by atoms with van der Waals surface area (Å²) in [6.45, 7) is 0. The molecular weight excluding hydrogens is 278 g/mol. The predicted octanol–water partition coefficient (Wildman–Crippen LogP) is 1.85. The Morgan fingerprint density at radius 2 is 1.82 bits per heavy atom. The summed E-state index contributed by atoms with van der Waals surface area (Å²) in [7, 11) is 1.54. The molecule has 1 aromatic rings. The van der Waals surface area contributed by atoms with Gasteiger partial charge in [0.15, 0.2) is 0 Å². The highest BCUT2D eigenvalue weighted by atomic mass is 79.9. The fraction of sp³-hybridized carbons (Fsp3) is 0.167. The van der Waals surface area contributed by atoms with Crippen molar-refractivity contribution in [2.24, 2.45) is 0 Å². The largest absolute Gasteiger partial charge is 0.617 e. The molecule has 0 aliphatic heterocycles. The number of pyridine rings is 1. The number of rotatable bonds is 1. The number of hydrogen-bond donors (Lipinski definition) is 0. The van der Waals surface area contributed by atoms with Crippen molar-refractivity contribution in [2.45, 2.75) is 0 Å². The molecule has 1 aromatic heterocycles. The maximum Gasteiger partial charge on any atom is 0.263 e. The number of hydrogen-bond acceptors (Lipinski definition) is 2. The second kappa shape index (κ2) is 3.40. The average Bonchev–Trinajstić information content (AvgIpc) is 1.99.